The van der Waals surface area contributed by atoms with Crippen molar-refractivity contribution in [3.8, 4) is 11.4 Å². The number of amidine groups is 1. The fourth-order valence-electron chi connectivity index (χ4n) is 2.77. The van der Waals surface area contributed by atoms with E-state index < -0.39 is 0 Å². The average molecular weight is 368 g/mol. The van der Waals surface area contributed by atoms with E-state index in [-0.39, 0.29) is 24.3 Å². The Kier molecular flexibility index (Phi) is 5.30. The molecule has 1 fully saturated rings. The van der Waals surface area contributed by atoms with Gasteiger partial charge in [-0.1, -0.05) is 24.3 Å². The molecule has 0 atom stereocenters. The van der Waals surface area contributed by atoms with Crippen LogP contribution in [-0.2, 0) is 9.53 Å². The van der Waals surface area contributed by atoms with E-state index in [1.165, 1.54) is 7.11 Å². The monoisotopic (exact) mass is 368 g/mol. The molecule has 1 aromatic heterocycles. The van der Waals surface area contributed by atoms with Crippen molar-refractivity contribution in [1.29, 1.82) is 5.41 Å². The van der Waals surface area contributed by atoms with Crippen molar-refractivity contribution in [2.24, 2.45) is 5.73 Å². The largest absolute Gasteiger partial charge is 0.469 e. The van der Waals surface area contributed by atoms with Crippen molar-refractivity contribution in [2.45, 2.75) is 6.42 Å². The van der Waals surface area contributed by atoms with E-state index in [2.05, 4.69) is 14.7 Å². The summed E-state index contributed by atoms with van der Waals surface area (Å²) >= 11 is 0. The number of nitrogens with zero attached hydrogens (tertiary/aromatic N) is 4. The van der Waals surface area contributed by atoms with Gasteiger partial charge in [-0.05, 0) is 0 Å². The van der Waals surface area contributed by atoms with E-state index in [0.717, 1.165) is 5.56 Å². The number of anilines is 1. The number of hydrogen-bond acceptors (Lipinski definition) is 6. The number of amides is 2. The van der Waals surface area contributed by atoms with Gasteiger partial charge in [-0.25, -0.2) is 14.8 Å². The summed E-state index contributed by atoms with van der Waals surface area (Å²) in [6.07, 6.45) is 3.37. The first-order chi connectivity index (χ1) is 13.0. The average Bonchev–Trinajstić information content (AvgIpc) is 3.06. The summed E-state index contributed by atoms with van der Waals surface area (Å²) in [4.78, 5) is 35.6. The van der Waals surface area contributed by atoms with Gasteiger partial charge in [-0.3, -0.25) is 15.1 Å². The number of hydrogen-bond donors (Lipinski definition) is 2. The number of carbonyl (C=O) groups is 2. The molecule has 1 saturated heterocycles. The van der Waals surface area contributed by atoms with E-state index in [1.54, 1.807) is 46.5 Å². The van der Waals surface area contributed by atoms with Crippen LogP contribution in [0.2, 0.25) is 0 Å². The lowest BCUT2D eigenvalue weighted by Gasteiger charge is -2.18. The minimum atomic E-state index is -0.343. The first-order valence-electron chi connectivity index (χ1n) is 8.39. The first-order valence-corrected chi connectivity index (χ1v) is 8.39. The molecule has 0 saturated carbocycles. The number of benzene rings is 1. The third-order valence-electron chi connectivity index (χ3n) is 4.31. The van der Waals surface area contributed by atoms with Gasteiger partial charge in [-0.15, -0.1) is 0 Å². The third-order valence-corrected chi connectivity index (χ3v) is 4.31. The normalized spacial score (nSPS) is 13.7. The molecule has 0 radical (unpaired) electrons. The second-order valence-electron chi connectivity index (χ2n) is 6.00. The summed E-state index contributed by atoms with van der Waals surface area (Å²) in [5.41, 5.74) is 7.47. The Hall–Kier alpha value is -3.49. The third kappa shape index (κ3) is 4.02. The SMILES string of the molecule is COC(=O)CCN1CCN(c2cnc(-c3ccc(C(=N)N)cc3)nc2)C1=O. The Bertz CT molecular complexity index is 850. The standard InChI is InChI=1S/C18H20N6O3/c1-27-15(25)6-7-23-8-9-24(18(23)26)14-10-21-17(22-11-14)13-4-2-12(3-5-13)16(19)20/h2-5,10-11H,6-9H2,1H3,(H3,19,20). The molecule has 2 amide bonds. The van der Waals surface area contributed by atoms with E-state index in [4.69, 9.17) is 11.1 Å². The van der Waals surface area contributed by atoms with Crippen molar-refractivity contribution in [3.05, 3.63) is 42.2 Å². The minimum Gasteiger partial charge on any atom is -0.469 e. The number of nitrogens with one attached hydrogen (secondary N) is 1. The molecule has 0 bridgehead atoms. The fourth-order valence-corrected chi connectivity index (χ4v) is 2.77. The van der Waals surface area contributed by atoms with Gasteiger partial charge in [0.2, 0.25) is 0 Å². The van der Waals surface area contributed by atoms with Gasteiger partial charge in [0.15, 0.2) is 5.82 Å². The van der Waals surface area contributed by atoms with Gasteiger partial charge in [0.1, 0.15) is 5.84 Å². The van der Waals surface area contributed by atoms with Gasteiger partial charge in [0, 0.05) is 30.8 Å². The molecule has 1 aromatic carbocycles. The maximum Gasteiger partial charge on any atom is 0.324 e. The van der Waals surface area contributed by atoms with Crippen molar-refractivity contribution in [2.75, 3.05) is 31.6 Å². The molecule has 2 heterocycles. The minimum absolute atomic E-state index is 0.00196. The van der Waals surface area contributed by atoms with Crippen LogP contribution in [0.15, 0.2) is 36.7 Å². The number of ether oxygens (including phenoxy) is 1. The number of rotatable bonds is 6. The highest BCUT2D eigenvalue weighted by atomic mass is 16.5. The molecule has 1 aliphatic rings. The number of carbonyl (C=O) groups excluding carboxylic acids is 2. The van der Waals surface area contributed by atoms with Crippen LogP contribution in [0, 0.1) is 5.41 Å². The Labute approximate surface area is 156 Å². The summed E-state index contributed by atoms with van der Waals surface area (Å²) < 4.78 is 4.60. The summed E-state index contributed by atoms with van der Waals surface area (Å²) in [6.45, 7) is 1.36. The van der Waals surface area contributed by atoms with Gasteiger partial charge in [-0.2, -0.15) is 0 Å². The van der Waals surface area contributed by atoms with Gasteiger partial charge in [0.05, 0.1) is 31.6 Å². The smallest absolute Gasteiger partial charge is 0.324 e. The topological polar surface area (TPSA) is 126 Å². The zero-order chi connectivity index (χ0) is 19.4. The lowest BCUT2D eigenvalue weighted by atomic mass is 10.1. The molecule has 0 aliphatic carbocycles. The van der Waals surface area contributed by atoms with E-state index in [1.807, 2.05) is 0 Å². The zero-order valence-corrected chi connectivity index (χ0v) is 14.9. The molecular weight excluding hydrogens is 348 g/mol. The van der Waals surface area contributed by atoms with Crippen molar-refractivity contribution >= 4 is 23.5 Å². The van der Waals surface area contributed by atoms with Crippen LogP contribution in [0.3, 0.4) is 0 Å². The van der Waals surface area contributed by atoms with Crippen molar-refractivity contribution in [1.82, 2.24) is 14.9 Å². The van der Waals surface area contributed by atoms with Crippen LogP contribution in [-0.4, -0.2) is 59.4 Å². The summed E-state index contributed by atoms with van der Waals surface area (Å²) in [5, 5.41) is 7.41. The quantitative estimate of drug-likeness (QED) is 0.449. The Morgan fingerprint density at radius 1 is 1.22 bits per heavy atom. The van der Waals surface area contributed by atoms with Crippen LogP contribution in [0.5, 0.6) is 0 Å². The molecule has 0 spiro atoms. The van der Waals surface area contributed by atoms with Crippen LogP contribution in [0.1, 0.15) is 12.0 Å². The fraction of sp³-hybridized carbons (Fsp3) is 0.278. The second kappa shape index (κ2) is 7.81. The van der Waals surface area contributed by atoms with Gasteiger partial charge in [0.25, 0.3) is 0 Å². The van der Waals surface area contributed by atoms with Crippen LogP contribution in [0.25, 0.3) is 11.4 Å². The molecule has 27 heavy (non-hydrogen) atoms. The number of nitrogen functional groups attached to an aromatic ring is 1. The number of nitrogens with two attached hydrogens (primary N) is 1. The molecule has 2 aromatic rings. The molecule has 3 N–H and O–H groups in total. The molecule has 1 aliphatic heterocycles. The summed E-state index contributed by atoms with van der Waals surface area (Å²) in [7, 11) is 1.33. The number of methoxy groups -OCH3 is 1. The van der Waals surface area contributed by atoms with Crippen LogP contribution >= 0.6 is 0 Å². The van der Waals surface area contributed by atoms with E-state index in [9.17, 15) is 9.59 Å². The highest BCUT2D eigenvalue weighted by molar-refractivity contribution is 5.95. The van der Waals surface area contributed by atoms with Crippen molar-refractivity contribution in [3.63, 3.8) is 0 Å². The number of esters is 1. The Morgan fingerprint density at radius 2 is 1.89 bits per heavy atom. The summed E-state index contributed by atoms with van der Waals surface area (Å²) in [6, 6.07) is 6.87. The highest BCUT2D eigenvalue weighted by Gasteiger charge is 2.30. The second-order valence-corrected chi connectivity index (χ2v) is 6.00. The van der Waals surface area contributed by atoms with Crippen LogP contribution in [0.4, 0.5) is 10.5 Å². The lowest BCUT2D eigenvalue weighted by molar-refractivity contribution is -0.140. The maximum absolute atomic E-state index is 12.5. The Morgan fingerprint density at radius 3 is 2.48 bits per heavy atom. The van der Waals surface area contributed by atoms with Gasteiger partial charge < -0.3 is 15.4 Å². The predicted molar refractivity (Wildman–Crippen MR) is 99.4 cm³/mol. The molecule has 3 rings (SSSR count). The molecule has 0 unspecified atom stereocenters. The van der Waals surface area contributed by atoms with Crippen molar-refractivity contribution < 1.29 is 14.3 Å². The molecule has 9 heteroatoms. The molecule has 140 valence electrons. The zero-order valence-electron chi connectivity index (χ0n) is 14.9. The number of urea groups is 1. The predicted octanol–water partition coefficient (Wildman–Crippen LogP) is 1.23. The number of aromatic nitrogens is 2. The lowest BCUT2D eigenvalue weighted by Crippen LogP contribution is -2.33. The highest BCUT2D eigenvalue weighted by Crippen LogP contribution is 2.21. The van der Waals surface area contributed by atoms with E-state index >= 15 is 0 Å². The maximum atomic E-state index is 12.5. The van der Waals surface area contributed by atoms with Gasteiger partial charge >= 0.3 is 12.0 Å². The Balaban J connectivity index is 1.67. The summed E-state index contributed by atoms with van der Waals surface area (Å²) in [5.74, 6) is 0.176. The molecular formula is C18H20N6O3. The first kappa shape index (κ1) is 18.3. The molecule has 9 nitrogen and oxygen atoms in total. The van der Waals surface area contributed by atoms with Crippen LogP contribution < -0.4 is 10.6 Å². The van der Waals surface area contributed by atoms with E-state index in [0.29, 0.717) is 36.7 Å².